The van der Waals surface area contributed by atoms with Crippen LogP contribution in [0.1, 0.15) is 29.9 Å². The number of hydrogen-bond donors (Lipinski definition) is 0. The van der Waals surface area contributed by atoms with E-state index in [2.05, 4.69) is 28.9 Å². The van der Waals surface area contributed by atoms with E-state index in [9.17, 15) is 9.18 Å². The second-order valence-corrected chi connectivity index (χ2v) is 7.36. The molecule has 1 saturated heterocycles. The van der Waals surface area contributed by atoms with Crippen LogP contribution in [0.3, 0.4) is 0 Å². The van der Waals surface area contributed by atoms with Gasteiger partial charge < -0.3 is 4.74 Å². The van der Waals surface area contributed by atoms with E-state index in [1.54, 1.807) is 18.2 Å². The maximum Gasteiger partial charge on any atom is 0.178 e. The number of ether oxygens (including phenoxy) is 1. The number of morpholine rings is 1. The standard InChI is InChI=1S/C23H23FN2O2/c1-15-14-28-10-9-26(15)13-17-3-8-20-21(18-4-6-19(24)7-5-18)12-22(16(2)27)25-23(20)11-17/h3-8,11-12,15H,9-10,13-14H2,1-2H3/t15-/m0/s1. The lowest BCUT2D eigenvalue weighted by Gasteiger charge is -2.33. The molecule has 5 heteroatoms. The van der Waals surface area contributed by atoms with E-state index >= 15 is 0 Å². The number of Topliss-reactive ketones (excluding diaryl/α,β-unsaturated/α-hetero) is 1. The summed E-state index contributed by atoms with van der Waals surface area (Å²) in [4.78, 5) is 19.0. The van der Waals surface area contributed by atoms with Crippen LogP contribution in [0.5, 0.6) is 0 Å². The van der Waals surface area contributed by atoms with Crippen molar-refractivity contribution in [1.29, 1.82) is 0 Å². The van der Waals surface area contributed by atoms with Crippen molar-refractivity contribution >= 4 is 16.7 Å². The van der Waals surface area contributed by atoms with Gasteiger partial charge in [0.15, 0.2) is 5.78 Å². The van der Waals surface area contributed by atoms with Gasteiger partial charge in [0.25, 0.3) is 0 Å². The molecule has 0 amide bonds. The number of ketones is 1. The quantitative estimate of drug-likeness (QED) is 0.629. The van der Waals surface area contributed by atoms with Crippen LogP contribution in [-0.2, 0) is 11.3 Å². The zero-order valence-corrected chi connectivity index (χ0v) is 16.1. The van der Waals surface area contributed by atoms with Gasteiger partial charge in [-0.15, -0.1) is 0 Å². The Morgan fingerprint density at radius 2 is 2.00 bits per heavy atom. The van der Waals surface area contributed by atoms with Gasteiger partial charge in [-0.3, -0.25) is 9.69 Å². The maximum atomic E-state index is 13.4. The second-order valence-electron chi connectivity index (χ2n) is 7.36. The summed E-state index contributed by atoms with van der Waals surface area (Å²) >= 11 is 0. The average Bonchev–Trinajstić information content (AvgIpc) is 2.69. The van der Waals surface area contributed by atoms with E-state index in [4.69, 9.17) is 4.74 Å². The molecule has 2 aromatic carbocycles. The topological polar surface area (TPSA) is 42.4 Å². The molecule has 1 fully saturated rings. The number of carbonyl (C=O) groups is 1. The first-order chi connectivity index (χ1) is 13.5. The Morgan fingerprint density at radius 1 is 1.21 bits per heavy atom. The molecular weight excluding hydrogens is 355 g/mol. The Hall–Kier alpha value is -2.63. The maximum absolute atomic E-state index is 13.4. The van der Waals surface area contributed by atoms with Gasteiger partial charge in [-0.05, 0) is 47.9 Å². The fourth-order valence-corrected chi connectivity index (χ4v) is 3.65. The number of fused-ring (bicyclic) bond motifs is 1. The monoisotopic (exact) mass is 378 g/mol. The third-order valence-corrected chi connectivity index (χ3v) is 5.28. The Morgan fingerprint density at radius 3 is 2.71 bits per heavy atom. The van der Waals surface area contributed by atoms with Gasteiger partial charge in [-0.25, -0.2) is 9.37 Å². The Balaban J connectivity index is 1.77. The smallest absolute Gasteiger partial charge is 0.178 e. The number of rotatable bonds is 4. The summed E-state index contributed by atoms with van der Waals surface area (Å²) in [5.74, 6) is -0.367. The number of benzene rings is 2. The van der Waals surface area contributed by atoms with Crippen molar-refractivity contribution in [3.8, 4) is 11.1 Å². The van der Waals surface area contributed by atoms with Crippen LogP contribution in [-0.4, -0.2) is 41.5 Å². The van der Waals surface area contributed by atoms with E-state index in [0.29, 0.717) is 11.7 Å². The molecule has 1 aromatic heterocycles. The lowest BCUT2D eigenvalue weighted by Crippen LogP contribution is -2.42. The lowest BCUT2D eigenvalue weighted by molar-refractivity contribution is -0.00435. The first kappa shape index (κ1) is 18.7. The minimum Gasteiger partial charge on any atom is -0.379 e. The van der Waals surface area contributed by atoms with Crippen molar-refractivity contribution in [2.75, 3.05) is 19.8 Å². The zero-order chi connectivity index (χ0) is 19.7. The van der Waals surface area contributed by atoms with Crippen LogP contribution in [0.2, 0.25) is 0 Å². The highest BCUT2D eigenvalue weighted by Gasteiger charge is 2.19. The molecular formula is C23H23FN2O2. The van der Waals surface area contributed by atoms with Crippen molar-refractivity contribution in [1.82, 2.24) is 9.88 Å². The Kier molecular flexibility index (Phi) is 5.20. The number of hydrogen-bond acceptors (Lipinski definition) is 4. The van der Waals surface area contributed by atoms with Crippen LogP contribution >= 0.6 is 0 Å². The van der Waals surface area contributed by atoms with Crippen LogP contribution < -0.4 is 0 Å². The van der Waals surface area contributed by atoms with E-state index in [-0.39, 0.29) is 11.6 Å². The summed E-state index contributed by atoms with van der Waals surface area (Å²) < 4.78 is 18.9. The molecule has 0 aliphatic carbocycles. The summed E-state index contributed by atoms with van der Waals surface area (Å²) in [5, 5.41) is 0.954. The number of aromatic nitrogens is 1. The van der Waals surface area contributed by atoms with Gasteiger partial charge in [-0.1, -0.05) is 24.3 Å². The molecule has 0 N–H and O–H groups in total. The number of pyridine rings is 1. The largest absolute Gasteiger partial charge is 0.379 e. The van der Waals surface area contributed by atoms with Gasteiger partial charge in [-0.2, -0.15) is 0 Å². The number of halogens is 1. The van der Waals surface area contributed by atoms with Crippen molar-refractivity contribution in [2.45, 2.75) is 26.4 Å². The number of carbonyl (C=O) groups excluding carboxylic acids is 1. The molecule has 0 radical (unpaired) electrons. The molecule has 4 nitrogen and oxygen atoms in total. The van der Waals surface area contributed by atoms with Gasteiger partial charge in [0.2, 0.25) is 0 Å². The molecule has 0 spiro atoms. The summed E-state index contributed by atoms with van der Waals surface area (Å²) in [6, 6.07) is 14.7. The lowest BCUT2D eigenvalue weighted by atomic mass is 9.98. The summed E-state index contributed by atoms with van der Waals surface area (Å²) in [7, 11) is 0. The van der Waals surface area contributed by atoms with Gasteiger partial charge in [0.1, 0.15) is 11.5 Å². The summed E-state index contributed by atoms with van der Waals surface area (Å²) in [5.41, 5.74) is 4.11. The second kappa shape index (κ2) is 7.78. The minimum absolute atomic E-state index is 0.0857. The zero-order valence-electron chi connectivity index (χ0n) is 16.1. The van der Waals surface area contributed by atoms with Crippen LogP contribution in [0.25, 0.3) is 22.0 Å². The number of nitrogens with zero attached hydrogens (tertiary/aromatic N) is 2. The van der Waals surface area contributed by atoms with E-state index in [0.717, 1.165) is 53.9 Å². The van der Waals surface area contributed by atoms with Crippen LogP contribution in [0.15, 0.2) is 48.5 Å². The van der Waals surface area contributed by atoms with Gasteiger partial charge in [0.05, 0.1) is 18.7 Å². The molecule has 144 valence electrons. The summed E-state index contributed by atoms with van der Waals surface area (Å²) in [6.07, 6.45) is 0. The first-order valence-electron chi connectivity index (χ1n) is 9.53. The van der Waals surface area contributed by atoms with Crippen molar-refractivity contribution < 1.29 is 13.9 Å². The first-order valence-corrected chi connectivity index (χ1v) is 9.53. The van der Waals surface area contributed by atoms with E-state index in [1.807, 2.05) is 6.07 Å². The molecule has 0 saturated carbocycles. The van der Waals surface area contributed by atoms with Crippen LogP contribution in [0.4, 0.5) is 4.39 Å². The fourth-order valence-electron chi connectivity index (χ4n) is 3.65. The highest BCUT2D eigenvalue weighted by Crippen LogP contribution is 2.30. The van der Waals surface area contributed by atoms with Crippen molar-refractivity contribution in [3.05, 3.63) is 65.6 Å². The molecule has 1 atom stereocenters. The Labute approximate surface area is 164 Å². The fraction of sp³-hybridized carbons (Fsp3) is 0.304. The molecule has 0 unspecified atom stereocenters. The third-order valence-electron chi connectivity index (χ3n) is 5.28. The molecule has 28 heavy (non-hydrogen) atoms. The normalized spacial score (nSPS) is 17.8. The molecule has 3 aromatic rings. The minimum atomic E-state index is -0.282. The Bertz CT molecular complexity index is 1020. The predicted octanol–water partition coefficient (Wildman–Crippen LogP) is 4.46. The van der Waals surface area contributed by atoms with Gasteiger partial charge in [0, 0.05) is 31.4 Å². The molecule has 1 aliphatic heterocycles. The third kappa shape index (κ3) is 3.81. The highest BCUT2D eigenvalue weighted by molar-refractivity contribution is 6.01. The summed E-state index contributed by atoms with van der Waals surface area (Å²) in [6.45, 7) is 6.90. The van der Waals surface area contributed by atoms with Crippen LogP contribution in [0, 0.1) is 5.82 Å². The molecule has 0 bridgehead atoms. The van der Waals surface area contributed by atoms with Gasteiger partial charge >= 0.3 is 0 Å². The highest BCUT2D eigenvalue weighted by atomic mass is 19.1. The predicted molar refractivity (Wildman–Crippen MR) is 108 cm³/mol. The average molecular weight is 378 g/mol. The molecule has 2 heterocycles. The van der Waals surface area contributed by atoms with Crippen molar-refractivity contribution in [3.63, 3.8) is 0 Å². The molecule has 4 rings (SSSR count). The van der Waals surface area contributed by atoms with E-state index in [1.165, 1.54) is 19.1 Å². The SMILES string of the molecule is CC(=O)c1cc(-c2ccc(F)cc2)c2ccc(CN3CCOC[C@@H]3C)cc2n1. The van der Waals surface area contributed by atoms with Crippen molar-refractivity contribution in [2.24, 2.45) is 0 Å². The van der Waals surface area contributed by atoms with E-state index < -0.39 is 0 Å². The molecule has 1 aliphatic rings.